The maximum Gasteiger partial charge on any atom is 0.0431 e. The van der Waals surface area contributed by atoms with Gasteiger partial charge in [-0.15, -0.1) is 0 Å². The first-order chi connectivity index (χ1) is 3.91. The minimum absolute atomic E-state index is 0.304. The summed E-state index contributed by atoms with van der Waals surface area (Å²) in [5.74, 6) is 0. The van der Waals surface area contributed by atoms with Gasteiger partial charge in [-0.1, -0.05) is 26.2 Å². The number of hydrogen-bond donors (Lipinski definition) is 1. The molecule has 1 N–H and O–H groups in total. The molecule has 0 unspecified atom stereocenters. The molecule has 0 spiro atoms. The first kappa shape index (κ1) is 5.10. The average Bonchev–Trinajstić information content (AvgIpc) is 1.81. The van der Waals surface area contributed by atoms with Crippen molar-refractivity contribution < 1.29 is 6.48 Å². The van der Waals surface area contributed by atoms with E-state index in [2.05, 4.69) is 0 Å². The van der Waals surface area contributed by atoms with Gasteiger partial charge in [0.1, 0.15) is 0 Å². The molecule has 7 heavy (non-hydrogen) atoms. The maximum absolute atomic E-state index is 8.32. The van der Waals surface area contributed by atoms with Crippen molar-refractivity contribution >= 4 is 0 Å². The summed E-state index contributed by atoms with van der Waals surface area (Å²) in [4.78, 5) is 0. The molecule has 0 rings (SSSR count). The van der Waals surface area contributed by atoms with Crippen LogP contribution in [0.15, 0.2) is 0 Å². The molecule has 0 amide bonds. The Kier molecular flexibility index (Phi) is 4.35. The van der Waals surface area contributed by atoms with Crippen LogP contribution < -0.4 is 0 Å². The summed E-state index contributed by atoms with van der Waals surface area (Å²) in [5, 5.41) is 8.32. The second-order valence-corrected chi connectivity index (χ2v) is 1.64. The highest BCUT2D eigenvalue weighted by Crippen LogP contribution is 1.95. The van der Waals surface area contributed by atoms with Crippen LogP contribution in [0.2, 0.25) is 0 Å². The molecule has 0 aromatic heterocycles. The van der Waals surface area contributed by atoms with Crippen molar-refractivity contribution in [2.45, 2.75) is 32.6 Å². The lowest BCUT2D eigenvalue weighted by atomic mass is 10.2. The maximum atomic E-state index is 8.32. The smallest absolute Gasteiger partial charge is 0.0431 e. The molecular formula is C6H14O. The van der Waals surface area contributed by atoms with Gasteiger partial charge in [0.25, 0.3) is 0 Å². The Balaban J connectivity index is 2.53. The standard InChI is InChI=1S/C6H14O/c1-2-3-4-5-6-7/h7H,2-6H2,1H3/i1D. The average molecular weight is 103 g/mol. The second-order valence-electron chi connectivity index (χ2n) is 1.64. The van der Waals surface area contributed by atoms with Gasteiger partial charge in [-0.05, 0) is 6.42 Å². The quantitative estimate of drug-likeness (QED) is 0.535. The van der Waals surface area contributed by atoms with Crippen molar-refractivity contribution in [3.05, 3.63) is 0 Å². The summed E-state index contributed by atoms with van der Waals surface area (Å²) >= 11 is 0. The van der Waals surface area contributed by atoms with Gasteiger partial charge in [0, 0.05) is 7.98 Å². The highest BCUT2D eigenvalue weighted by atomic mass is 16.2. The van der Waals surface area contributed by atoms with Crippen LogP contribution in [-0.2, 0) is 0 Å². The van der Waals surface area contributed by atoms with E-state index in [9.17, 15) is 0 Å². The van der Waals surface area contributed by atoms with Gasteiger partial charge >= 0.3 is 0 Å². The molecule has 0 heterocycles. The number of aliphatic hydroxyl groups excluding tert-OH is 1. The number of rotatable bonds is 4. The van der Waals surface area contributed by atoms with Gasteiger partial charge in [0.15, 0.2) is 0 Å². The lowest BCUT2D eigenvalue weighted by molar-refractivity contribution is 0.283. The van der Waals surface area contributed by atoms with Gasteiger partial charge < -0.3 is 5.11 Å². The predicted octanol–water partition coefficient (Wildman–Crippen LogP) is 1.56. The van der Waals surface area contributed by atoms with E-state index in [4.69, 9.17) is 6.48 Å². The van der Waals surface area contributed by atoms with E-state index in [1.807, 2.05) is 0 Å². The summed E-state index contributed by atoms with van der Waals surface area (Å²) in [6.45, 7) is 0.837. The number of unbranched alkanes of at least 4 members (excludes halogenated alkanes) is 3. The molecule has 0 aromatic carbocycles. The summed E-state index contributed by atoms with van der Waals surface area (Å²) in [6.07, 6.45) is 4.07. The van der Waals surface area contributed by atoms with Crippen molar-refractivity contribution in [1.29, 1.82) is 0 Å². The molecule has 0 aromatic rings. The van der Waals surface area contributed by atoms with Crippen LogP contribution >= 0.6 is 0 Å². The fourth-order valence-electron chi connectivity index (χ4n) is 0.465. The van der Waals surface area contributed by atoms with Crippen LogP contribution in [0.25, 0.3) is 0 Å². The zero-order valence-corrected chi connectivity index (χ0v) is 4.69. The van der Waals surface area contributed by atoms with Crippen LogP contribution in [-0.4, -0.2) is 11.7 Å². The zero-order chi connectivity index (χ0) is 6.24. The molecule has 0 aliphatic carbocycles. The lowest BCUT2D eigenvalue weighted by Gasteiger charge is -1.90. The molecule has 1 nitrogen and oxygen atoms in total. The van der Waals surface area contributed by atoms with Crippen LogP contribution in [0.4, 0.5) is 0 Å². The monoisotopic (exact) mass is 103 g/mol. The van der Waals surface area contributed by atoms with E-state index in [1.165, 1.54) is 0 Å². The van der Waals surface area contributed by atoms with Crippen molar-refractivity contribution in [3.63, 3.8) is 0 Å². The molecule has 0 aliphatic heterocycles. The third-order valence-electron chi connectivity index (χ3n) is 0.908. The third kappa shape index (κ3) is 5.96. The summed E-state index contributed by atoms with van der Waals surface area (Å²) in [5.41, 5.74) is 0. The zero-order valence-electron chi connectivity index (χ0n) is 5.69. The van der Waals surface area contributed by atoms with Crippen molar-refractivity contribution in [2.75, 3.05) is 6.61 Å². The Hall–Kier alpha value is -0.0400. The molecule has 1 heteroatoms. The fraction of sp³-hybridized carbons (Fsp3) is 1.00. The number of aliphatic hydroxyl groups is 1. The van der Waals surface area contributed by atoms with Gasteiger partial charge in [-0.3, -0.25) is 0 Å². The third-order valence-corrected chi connectivity index (χ3v) is 0.908. The van der Waals surface area contributed by atoms with E-state index in [0.717, 1.165) is 25.7 Å². The molecule has 0 atom stereocenters. The van der Waals surface area contributed by atoms with Crippen LogP contribution in [0.1, 0.15) is 34.0 Å². The molecule has 0 fully saturated rings. The Labute approximate surface area is 46.8 Å². The van der Waals surface area contributed by atoms with Gasteiger partial charge in [-0.2, -0.15) is 0 Å². The Morgan fingerprint density at radius 1 is 1.43 bits per heavy atom. The first-order valence-electron chi connectivity index (χ1n) is 3.52. The summed E-state index contributed by atoms with van der Waals surface area (Å²) in [6, 6.07) is 0. The van der Waals surface area contributed by atoms with Gasteiger partial charge in [0.2, 0.25) is 0 Å². The molecule has 0 aliphatic rings. The molecule has 44 valence electrons. The predicted molar refractivity (Wildman–Crippen MR) is 31.2 cm³/mol. The van der Waals surface area contributed by atoms with E-state index < -0.39 is 0 Å². The molecule has 0 saturated heterocycles. The minimum Gasteiger partial charge on any atom is -0.396 e. The number of hydrogen-bond acceptors (Lipinski definition) is 1. The van der Waals surface area contributed by atoms with E-state index in [1.54, 1.807) is 0 Å². The van der Waals surface area contributed by atoms with E-state index in [0.29, 0.717) is 13.5 Å². The normalized spacial score (nSPS) is 11.3. The van der Waals surface area contributed by atoms with E-state index in [-0.39, 0.29) is 0 Å². The second kappa shape index (κ2) is 5.96. The minimum atomic E-state index is 0.304. The SMILES string of the molecule is [2H]CCCCCCO. The highest BCUT2D eigenvalue weighted by molar-refractivity contribution is 4.35. The lowest BCUT2D eigenvalue weighted by Crippen LogP contribution is -1.80. The Bertz CT molecular complexity index is 33.5. The Morgan fingerprint density at radius 3 is 2.86 bits per heavy atom. The van der Waals surface area contributed by atoms with Crippen LogP contribution in [0, 0.1) is 0 Å². The fourth-order valence-corrected chi connectivity index (χ4v) is 0.465. The van der Waals surface area contributed by atoms with Gasteiger partial charge in [0.05, 0.1) is 0 Å². The first-order valence-corrected chi connectivity index (χ1v) is 2.82. The van der Waals surface area contributed by atoms with Crippen molar-refractivity contribution in [3.8, 4) is 0 Å². The summed E-state index contributed by atoms with van der Waals surface area (Å²) < 4.78 is 6.78. The van der Waals surface area contributed by atoms with Crippen LogP contribution in [0.5, 0.6) is 0 Å². The summed E-state index contributed by atoms with van der Waals surface area (Å²) in [7, 11) is 0. The molecular weight excluding hydrogens is 88.1 g/mol. The highest BCUT2D eigenvalue weighted by Gasteiger charge is 1.80. The topological polar surface area (TPSA) is 20.2 Å². The van der Waals surface area contributed by atoms with Crippen molar-refractivity contribution in [1.82, 2.24) is 0 Å². The Morgan fingerprint density at radius 2 is 2.29 bits per heavy atom. The van der Waals surface area contributed by atoms with E-state index >= 15 is 0 Å². The largest absolute Gasteiger partial charge is 0.396 e. The van der Waals surface area contributed by atoms with Crippen molar-refractivity contribution in [2.24, 2.45) is 0 Å². The molecule has 0 saturated carbocycles. The molecule has 0 radical (unpaired) electrons. The molecule has 0 bridgehead atoms. The van der Waals surface area contributed by atoms with Gasteiger partial charge in [-0.25, -0.2) is 0 Å². The van der Waals surface area contributed by atoms with Crippen LogP contribution in [0.3, 0.4) is 0 Å².